The number of nitrogens with one attached hydrogen (secondary N) is 1. The van der Waals surface area contributed by atoms with Gasteiger partial charge in [0.25, 0.3) is 5.91 Å². The molecule has 3 aromatic rings. The normalized spacial score (nSPS) is 10.6. The zero-order valence-corrected chi connectivity index (χ0v) is 16.3. The van der Waals surface area contributed by atoms with Crippen molar-refractivity contribution in [3.05, 3.63) is 64.4 Å². The average molecular weight is 383 g/mol. The SMILES string of the molecule is Cc1ccc(-c2nc(CC(=O)NCc3ccc(C(=O)N(C)C)cc3)cs2)o1. The summed E-state index contributed by atoms with van der Waals surface area (Å²) in [5, 5.41) is 5.52. The van der Waals surface area contributed by atoms with Crippen LogP contribution in [-0.2, 0) is 17.8 Å². The van der Waals surface area contributed by atoms with Crippen LogP contribution in [0.1, 0.15) is 27.4 Å². The minimum Gasteiger partial charge on any atom is -0.459 e. The highest BCUT2D eigenvalue weighted by molar-refractivity contribution is 7.13. The van der Waals surface area contributed by atoms with Gasteiger partial charge in [-0.25, -0.2) is 4.98 Å². The number of hydrogen-bond acceptors (Lipinski definition) is 5. The molecule has 27 heavy (non-hydrogen) atoms. The Bertz CT molecular complexity index is 942. The number of benzene rings is 1. The molecule has 0 spiro atoms. The molecule has 0 bridgehead atoms. The molecular formula is C20H21N3O3S. The second kappa shape index (κ2) is 8.18. The van der Waals surface area contributed by atoms with Crippen LogP contribution in [0, 0.1) is 6.92 Å². The Morgan fingerprint density at radius 2 is 1.89 bits per heavy atom. The van der Waals surface area contributed by atoms with Crippen LogP contribution in [0.3, 0.4) is 0 Å². The van der Waals surface area contributed by atoms with Crippen molar-refractivity contribution in [3.63, 3.8) is 0 Å². The number of carbonyl (C=O) groups is 2. The molecule has 2 amide bonds. The van der Waals surface area contributed by atoms with Gasteiger partial charge in [-0.05, 0) is 36.8 Å². The molecule has 1 N–H and O–H groups in total. The number of nitrogens with zero attached hydrogens (tertiary/aromatic N) is 2. The van der Waals surface area contributed by atoms with E-state index in [4.69, 9.17) is 4.42 Å². The minimum atomic E-state index is -0.101. The molecular weight excluding hydrogens is 362 g/mol. The van der Waals surface area contributed by atoms with Crippen molar-refractivity contribution in [2.24, 2.45) is 0 Å². The lowest BCUT2D eigenvalue weighted by atomic mass is 10.1. The van der Waals surface area contributed by atoms with E-state index in [1.54, 1.807) is 26.2 Å². The fourth-order valence-electron chi connectivity index (χ4n) is 2.50. The Morgan fingerprint density at radius 1 is 1.15 bits per heavy atom. The predicted octanol–water partition coefficient (Wildman–Crippen LogP) is 3.27. The number of amides is 2. The molecule has 0 aliphatic rings. The van der Waals surface area contributed by atoms with Crippen LogP contribution in [0.15, 0.2) is 46.2 Å². The van der Waals surface area contributed by atoms with Gasteiger partial charge in [0.2, 0.25) is 5.91 Å². The van der Waals surface area contributed by atoms with Crippen molar-refractivity contribution < 1.29 is 14.0 Å². The lowest BCUT2D eigenvalue weighted by Crippen LogP contribution is -2.25. The summed E-state index contributed by atoms with van der Waals surface area (Å²) < 4.78 is 5.55. The van der Waals surface area contributed by atoms with E-state index in [2.05, 4.69) is 10.3 Å². The maximum Gasteiger partial charge on any atom is 0.253 e. The first-order valence-electron chi connectivity index (χ1n) is 8.51. The molecule has 6 nitrogen and oxygen atoms in total. The van der Waals surface area contributed by atoms with Crippen molar-refractivity contribution in [2.75, 3.05) is 14.1 Å². The molecule has 0 saturated carbocycles. The highest BCUT2D eigenvalue weighted by Crippen LogP contribution is 2.25. The second-order valence-electron chi connectivity index (χ2n) is 6.40. The topological polar surface area (TPSA) is 75.4 Å². The Kier molecular flexibility index (Phi) is 5.71. The van der Waals surface area contributed by atoms with E-state index >= 15 is 0 Å². The number of hydrogen-bond donors (Lipinski definition) is 1. The van der Waals surface area contributed by atoms with E-state index in [-0.39, 0.29) is 18.2 Å². The lowest BCUT2D eigenvalue weighted by molar-refractivity contribution is -0.120. The van der Waals surface area contributed by atoms with Gasteiger partial charge < -0.3 is 14.6 Å². The van der Waals surface area contributed by atoms with E-state index in [0.717, 1.165) is 22.1 Å². The summed E-state index contributed by atoms with van der Waals surface area (Å²) in [4.78, 5) is 30.0. The fraction of sp³-hybridized carbons (Fsp3) is 0.250. The minimum absolute atomic E-state index is 0.0447. The van der Waals surface area contributed by atoms with Gasteiger partial charge in [-0.1, -0.05) is 12.1 Å². The maximum atomic E-state index is 12.2. The van der Waals surface area contributed by atoms with Crippen LogP contribution < -0.4 is 5.32 Å². The first kappa shape index (κ1) is 18.8. The van der Waals surface area contributed by atoms with E-state index < -0.39 is 0 Å². The molecule has 2 aromatic heterocycles. The molecule has 0 radical (unpaired) electrons. The van der Waals surface area contributed by atoms with Gasteiger partial charge in [-0.15, -0.1) is 11.3 Å². The van der Waals surface area contributed by atoms with Crippen molar-refractivity contribution in [1.29, 1.82) is 0 Å². The summed E-state index contributed by atoms with van der Waals surface area (Å²) in [7, 11) is 3.43. The summed E-state index contributed by atoms with van der Waals surface area (Å²) in [6.07, 6.45) is 0.216. The summed E-state index contributed by atoms with van der Waals surface area (Å²) >= 11 is 1.46. The lowest BCUT2D eigenvalue weighted by Gasteiger charge is -2.10. The first-order chi connectivity index (χ1) is 12.9. The van der Waals surface area contributed by atoms with Gasteiger partial charge in [0.1, 0.15) is 5.76 Å². The molecule has 0 aliphatic heterocycles. The first-order valence-corrected chi connectivity index (χ1v) is 9.39. The van der Waals surface area contributed by atoms with Crippen LogP contribution in [0.25, 0.3) is 10.8 Å². The smallest absolute Gasteiger partial charge is 0.253 e. The zero-order valence-electron chi connectivity index (χ0n) is 15.5. The number of aryl methyl sites for hydroxylation is 1. The van der Waals surface area contributed by atoms with E-state index in [1.807, 2.05) is 36.6 Å². The maximum absolute atomic E-state index is 12.2. The van der Waals surface area contributed by atoms with Gasteiger partial charge in [0, 0.05) is 31.6 Å². The predicted molar refractivity (Wildman–Crippen MR) is 105 cm³/mol. The van der Waals surface area contributed by atoms with Gasteiger partial charge in [-0.2, -0.15) is 0 Å². The Morgan fingerprint density at radius 3 is 2.52 bits per heavy atom. The standard InChI is InChI=1S/C20H21N3O3S/c1-13-4-9-17(26-13)19-22-16(12-27-19)10-18(24)21-11-14-5-7-15(8-6-14)20(25)23(2)3/h4-9,12H,10-11H2,1-3H3,(H,21,24). The monoisotopic (exact) mass is 383 g/mol. The molecule has 0 atom stereocenters. The molecule has 140 valence electrons. The Balaban J connectivity index is 1.53. The van der Waals surface area contributed by atoms with Crippen molar-refractivity contribution in [3.8, 4) is 10.8 Å². The number of thiazole rings is 1. The van der Waals surface area contributed by atoms with Crippen LogP contribution in [0.5, 0.6) is 0 Å². The highest BCUT2D eigenvalue weighted by atomic mass is 32.1. The molecule has 0 unspecified atom stereocenters. The zero-order chi connectivity index (χ0) is 19.4. The van der Waals surface area contributed by atoms with Crippen LogP contribution in [0.4, 0.5) is 0 Å². The van der Waals surface area contributed by atoms with Crippen LogP contribution in [0.2, 0.25) is 0 Å². The molecule has 1 aromatic carbocycles. The number of aromatic nitrogens is 1. The van der Waals surface area contributed by atoms with Crippen molar-refractivity contribution in [1.82, 2.24) is 15.2 Å². The highest BCUT2D eigenvalue weighted by Gasteiger charge is 2.12. The third-order valence-corrected chi connectivity index (χ3v) is 4.85. The summed E-state index contributed by atoms with van der Waals surface area (Å²) in [6.45, 7) is 2.29. The molecule has 0 fully saturated rings. The largest absolute Gasteiger partial charge is 0.459 e. The molecule has 2 heterocycles. The Labute approximate surface area is 161 Å². The summed E-state index contributed by atoms with van der Waals surface area (Å²) in [5.41, 5.74) is 2.27. The van der Waals surface area contributed by atoms with Gasteiger partial charge in [0.05, 0.1) is 12.1 Å². The van der Waals surface area contributed by atoms with Crippen LogP contribution >= 0.6 is 11.3 Å². The molecule has 0 aliphatic carbocycles. The van der Waals surface area contributed by atoms with Gasteiger partial charge >= 0.3 is 0 Å². The number of furan rings is 1. The average Bonchev–Trinajstić information content (AvgIpc) is 3.28. The van der Waals surface area contributed by atoms with Crippen molar-refractivity contribution >= 4 is 23.2 Å². The summed E-state index contributed by atoms with van der Waals surface area (Å²) in [5.74, 6) is 1.40. The summed E-state index contributed by atoms with van der Waals surface area (Å²) in [6, 6.07) is 11.0. The molecule has 0 saturated heterocycles. The fourth-order valence-corrected chi connectivity index (χ4v) is 3.28. The van der Waals surface area contributed by atoms with E-state index in [0.29, 0.717) is 17.8 Å². The Hall–Kier alpha value is -2.93. The third kappa shape index (κ3) is 4.83. The van der Waals surface area contributed by atoms with Crippen molar-refractivity contribution in [2.45, 2.75) is 19.9 Å². The number of rotatable bonds is 6. The van der Waals surface area contributed by atoms with Gasteiger partial charge in [0.15, 0.2) is 10.8 Å². The number of carbonyl (C=O) groups excluding carboxylic acids is 2. The third-order valence-electron chi connectivity index (χ3n) is 3.94. The quantitative estimate of drug-likeness (QED) is 0.709. The van der Waals surface area contributed by atoms with Crippen LogP contribution in [-0.4, -0.2) is 35.8 Å². The second-order valence-corrected chi connectivity index (χ2v) is 7.26. The van der Waals surface area contributed by atoms with E-state index in [1.165, 1.54) is 16.2 Å². The van der Waals surface area contributed by atoms with Gasteiger partial charge in [-0.3, -0.25) is 9.59 Å². The molecule has 7 heteroatoms. The van der Waals surface area contributed by atoms with E-state index in [9.17, 15) is 9.59 Å². The molecule has 3 rings (SSSR count).